The molecular formula is C9H11FO4P2. The predicted octanol–water partition coefficient (Wildman–Crippen LogP) is 2.56. The molecule has 0 heterocycles. The van der Waals surface area contributed by atoms with Crippen molar-refractivity contribution in [2.75, 3.05) is 7.11 Å². The van der Waals surface area contributed by atoms with Crippen LogP contribution in [0.3, 0.4) is 0 Å². The largest absolute Gasteiger partial charge is 0.504 e. The first-order valence-electron chi connectivity index (χ1n) is 4.30. The Hall–Kier alpha value is -0.920. The fourth-order valence-corrected chi connectivity index (χ4v) is 1.74. The van der Waals surface area contributed by atoms with Crippen LogP contribution in [-0.2, 0) is 15.7 Å². The number of phenolic OH excluding ortho intramolecular Hbond substituents is 1. The molecule has 0 fully saturated rings. The van der Waals surface area contributed by atoms with Gasteiger partial charge in [0, 0.05) is 0 Å². The van der Waals surface area contributed by atoms with Crippen LogP contribution in [0.5, 0.6) is 11.5 Å². The number of hydrogen-bond acceptors (Lipinski definition) is 4. The van der Waals surface area contributed by atoms with E-state index in [9.17, 15) is 14.1 Å². The van der Waals surface area contributed by atoms with Gasteiger partial charge in [0.2, 0.25) is 0 Å². The number of methoxy groups -OCH3 is 1. The number of benzene rings is 1. The number of halogens is 1. The third kappa shape index (κ3) is 3.92. The van der Waals surface area contributed by atoms with Gasteiger partial charge < -0.3 is 14.4 Å². The van der Waals surface area contributed by atoms with Crippen molar-refractivity contribution in [1.82, 2.24) is 0 Å². The van der Waals surface area contributed by atoms with Gasteiger partial charge in [-0.1, -0.05) is 6.07 Å². The molecule has 0 aliphatic heterocycles. The zero-order chi connectivity index (χ0) is 12.1. The van der Waals surface area contributed by atoms with Gasteiger partial charge in [-0.05, 0) is 26.6 Å². The summed E-state index contributed by atoms with van der Waals surface area (Å²) in [6, 6.07) is 4.45. The molecule has 4 nitrogen and oxygen atoms in total. The third-order valence-corrected chi connectivity index (χ3v) is 2.48. The van der Waals surface area contributed by atoms with Gasteiger partial charge in [0.1, 0.15) is 0 Å². The molecule has 16 heavy (non-hydrogen) atoms. The smallest absolute Gasteiger partial charge is 0.315 e. The Kier molecular flexibility index (Phi) is 4.91. The van der Waals surface area contributed by atoms with E-state index in [0.717, 1.165) is 0 Å². The molecule has 0 radical (unpaired) electrons. The summed E-state index contributed by atoms with van der Waals surface area (Å²) in [5.74, 6) is -0.409. The third-order valence-electron chi connectivity index (χ3n) is 1.78. The van der Waals surface area contributed by atoms with Gasteiger partial charge in [0.25, 0.3) is 8.15 Å². The molecule has 7 heteroatoms. The highest BCUT2D eigenvalue weighted by Gasteiger charge is 2.11. The number of carbonyl (C=O) groups is 1. The van der Waals surface area contributed by atoms with Crippen molar-refractivity contribution in [2.24, 2.45) is 0 Å². The van der Waals surface area contributed by atoms with E-state index in [-0.39, 0.29) is 17.9 Å². The van der Waals surface area contributed by atoms with Crippen molar-refractivity contribution < 1.29 is 23.4 Å². The molecule has 0 aromatic heterocycles. The lowest BCUT2D eigenvalue weighted by atomic mass is 10.1. The van der Waals surface area contributed by atoms with Crippen LogP contribution < -0.4 is 4.74 Å². The molecule has 1 rings (SSSR count). The van der Waals surface area contributed by atoms with Gasteiger partial charge >= 0.3 is 5.97 Å². The summed E-state index contributed by atoms with van der Waals surface area (Å²) in [6.45, 7) is 0. The van der Waals surface area contributed by atoms with Gasteiger partial charge in [-0.3, -0.25) is 4.79 Å². The van der Waals surface area contributed by atoms with E-state index in [4.69, 9.17) is 4.74 Å². The van der Waals surface area contributed by atoms with E-state index >= 15 is 0 Å². The van der Waals surface area contributed by atoms with Gasteiger partial charge in [-0.2, -0.15) is 4.20 Å². The number of phenols is 1. The zero-order valence-corrected chi connectivity index (χ0v) is 10.6. The number of aromatic hydroxyl groups is 1. The first-order chi connectivity index (χ1) is 7.52. The molecule has 0 amide bonds. The Morgan fingerprint density at radius 1 is 1.62 bits per heavy atom. The average Bonchev–Trinajstić information content (AvgIpc) is 2.19. The van der Waals surface area contributed by atoms with Gasteiger partial charge in [0.05, 0.1) is 13.5 Å². The molecule has 2 unspecified atom stereocenters. The predicted molar refractivity (Wildman–Crippen MR) is 62.2 cm³/mol. The molecular weight excluding hydrogens is 253 g/mol. The highest BCUT2D eigenvalue weighted by Crippen LogP contribution is 2.47. The minimum atomic E-state index is -2.27. The zero-order valence-electron chi connectivity index (χ0n) is 8.51. The monoisotopic (exact) mass is 264 g/mol. The Morgan fingerprint density at radius 3 is 2.88 bits per heavy atom. The quantitative estimate of drug-likeness (QED) is 0.849. The van der Waals surface area contributed by atoms with E-state index < -0.39 is 14.1 Å². The molecule has 0 saturated heterocycles. The molecule has 0 saturated carbocycles. The number of carbonyl (C=O) groups excluding carboxylic acids is 1. The second-order valence-electron chi connectivity index (χ2n) is 2.92. The molecule has 0 spiro atoms. The maximum Gasteiger partial charge on any atom is 0.315 e. The molecule has 0 bridgehead atoms. The highest BCUT2D eigenvalue weighted by molar-refractivity contribution is 8.08. The van der Waals surface area contributed by atoms with E-state index in [0.29, 0.717) is 5.56 Å². The maximum absolute atomic E-state index is 12.4. The minimum absolute atomic E-state index is 0.0154. The summed E-state index contributed by atoms with van der Waals surface area (Å²) in [7, 11) is 0.922. The van der Waals surface area contributed by atoms with E-state index in [1.54, 1.807) is 15.0 Å². The lowest BCUT2D eigenvalue weighted by Crippen LogP contribution is -2.03. The molecule has 0 aliphatic rings. The van der Waals surface area contributed by atoms with Crippen molar-refractivity contribution in [3.8, 4) is 11.5 Å². The maximum atomic E-state index is 12.4. The Bertz CT molecular complexity index is 384. The summed E-state index contributed by atoms with van der Waals surface area (Å²) in [6.07, 6.45) is -0.0617. The second-order valence-corrected chi connectivity index (χ2v) is 4.86. The Morgan fingerprint density at radius 2 is 2.31 bits per heavy atom. The van der Waals surface area contributed by atoms with Crippen LogP contribution in [0.15, 0.2) is 18.2 Å². The van der Waals surface area contributed by atoms with Crippen LogP contribution >= 0.6 is 17.1 Å². The van der Waals surface area contributed by atoms with Gasteiger partial charge in [-0.15, -0.1) is 0 Å². The second kappa shape index (κ2) is 5.97. The standard InChI is InChI=1S/C9H11FO4P2/c1-13-8-4-6(2-3-7(8)11)5-9(12)14-16(10)15/h2-4,11H,5,15H2,1H3. The first-order valence-corrected chi connectivity index (χ1v) is 7.07. The molecule has 1 aromatic rings. The van der Waals surface area contributed by atoms with E-state index in [1.165, 1.54) is 19.2 Å². The lowest BCUT2D eigenvalue weighted by molar-refractivity contribution is -0.133. The topological polar surface area (TPSA) is 55.8 Å². The molecule has 88 valence electrons. The van der Waals surface area contributed by atoms with Crippen LogP contribution in [0, 0.1) is 0 Å². The van der Waals surface area contributed by atoms with Crippen LogP contribution in [0.1, 0.15) is 5.56 Å². The van der Waals surface area contributed by atoms with Crippen LogP contribution in [0.4, 0.5) is 4.20 Å². The summed E-state index contributed by atoms with van der Waals surface area (Å²) < 4.78 is 21.6. The van der Waals surface area contributed by atoms with Crippen LogP contribution in [-0.4, -0.2) is 18.2 Å². The van der Waals surface area contributed by atoms with Crippen molar-refractivity contribution in [2.45, 2.75) is 6.42 Å². The fraction of sp³-hybridized carbons (Fsp3) is 0.222. The Balaban J connectivity index is 2.71. The lowest BCUT2D eigenvalue weighted by Gasteiger charge is -2.07. The number of hydrogen-bond donors (Lipinski definition) is 1. The minimum Gasteiger partial charge on any atom is -0.504 e. The number of ether oxygens (including phenoxy) is 1. The van der Waals surface area contributed by atoms with Crippen LogP contribution in [0.25, 0.3) is 0 Å². The summed E-state index contributed by atoms with van der Waals surface area (Å²) in [4.78, 5) is 11.1. The summed E-state index contributed by atoms with van der Waals surface area (Å²) >= 11 is 0. The highest BCUT2D eigenvalue weighted by atomic mass is 32.0. The average molecular weight is 264 g/mol. The van der Waals surface area contributed by atoms with E-state index in [2.05, 4.69) is 4.52 Å². The van der Waals surface area contributed by atoms with Gasteiger partial charge in [-0.25, -0.2) is 0 Å². The SMILES string of the molecule is COc1cc(CC(=O)OP(F)P)ccc1O. The Labute approximate surface area is 95.8 Å². The molecule has 1 N–H and O–H groups in total. The number of rotatable bonds is 4. The van der Waals surface area contributed by atoms with Crippen molar-refractivity contribution >= 4 is 23.0 Å². The first kappa shape index (κ1) is 13.1. The van der Waals surface area contributed by atoms with E-state index in [1.807, 2.05) is 0 Å². The molecule has 1 aromatic carbocycles. The van der Waals surface area contributed by atoms with Crippen LogP contribution in [0.2, 0.25) is 0 Å². The molecule has 0 aliphatic carbocycles. The van der Waals surface area contributed by atoms with Crippen molar-refractivity contribution in [3.63, 3.8) is 0 Å². The molecule has 2 atom stereocenters. The van der Waals surface area contributed by atoms with Crippen molar-refractivity contribution in [3.05, 3.63) is 23.8 Å². The normalized spacial score (nSPS) is 11.9. The van der Waals surface area contributed by atoms with Crippen molar-refractivity contribution in [1.29, 1.82) is 0 Å². The fourth-order valence-electron chi connectivity index (χ4n) is 1.13. The summed E-state index contributed by atoms with van der Waals surface area (Å²) in [5.41, 5.74) is 0.585. The summed E-state index contributed by atoms with van der Waals surface area (Å²) in [5, 5.41) is 9.31. The van der Waals surface area contributed by atoms with Gasteiger partial charge in [0.15, 0.2) is 11.5 Å².